The minimum atomic E-state index is -0.541. The summed E-state index contributed by atoms with van der Waals surface area (Å²) in [6.45, 7) is 8.86. The summed E-state index contributed by atoms with van der Waals surface area (Å²) in [5, 5.41) is 12.2. The molecule has 2 amide bonds. The van der Waals surface area contributed by atoms with Crippen LogP contribution in [0.3, 0.4) is 0 Å². The Labute approximate surface area is 199 Å². The molecule has 0 saturated carbocycles. The smallest absolute Gasteiger partial charge is 0.410 e. The van der Waals surface area contributed by atoms with Gasteiger partial charge in [0, 0.05) is 49.7 Å². The topological polar surface area (TPSA) is 120 Å². The van der Waals surface area contributed by atoms with Crippen molar-refractivity contribution in [3.63, 3.8) is 0 Å². The van der Waals surface area contributed by atoms with Gasteiger partial charge < -0.3 is 20.7 Å². The number of carbonyl (C=O) groups is 2. The maximum atomic E-state index is 12.6. The predicted octanol–water partition coefficient (Wildman–Crippen LogP) is 3.28. The second-order valence-corrected chi connectivity index (χ2v) is 9.89. The van der Waals surface area contributed by atoms with Crippen molar-refractivity contribution in [2.45, 2.75) is 52.2 Å². The highest BCUT2D eigenvalue weighted by Gasteiger charge is 2.33. The predicted molar refractivity (Wildman–Crippen MR) is 130 cm³/mol. The van der Waals surface area contributed by atoms with Crippen molar-refractivity contribution < 1.29 is 14.3 Å². The third-order valence-corrected chi connectivity index (χ3v) is 6.18. The number of fused-ring (bicyclic) bond motifs is 1. The number of nitrogens with zero attached hydrogens (tertiary/aromatic N) is 5. The molecule has 1 fully saturated rings. The first-order valence-corrected chi connectivity index (χ1v) is 11.6. The van der Waals surface area contributed by atoms with Crippen LogP contribution in [0.2, 0.25) is 0 Å². The fourth-order valence-electron chi connectivity index (χ4n) is 4.44. The lowest BCUT2D eigenvalue weighted by atomic mass is 9.89. The zero-order valence-corrected chi connectivity index (χ0v) is 20.4. The van der Waals surface area contributed by atoms with Gasteiger partial charge in [0.2, 0.25) is 0 Å². The molecule has 2 atom stereocenters. The average Bonchev–Trinajstić information content (AvgIpc) is 3.39. The summed E-state index contributed by atoms with van der Waals surface area (Å²) < 4.78 is 9.05. The molecule has 182 valence electrons. The monoisotopic (exact) mass is 467 g/mol. The standard InChI is InChI=1S/C24H33N7O3/c1-6-15-13-30(23(33)34-24(2,3)4)8-7-19(15)28-21-18(22(25)32)11-27-31-14-16(9-20(21)31)17-10-26-29(5)12-17/h9-12,14-15,19,28H,6-8,13H2,1-5H3,(H2,25,32)/t15-,19-/m1/s1. The quantitative estimate of drug-likeness (QED) is 0.594. The first-order chi connectivity index (χ1) is 16.1. The Morgan fingerprint density at radius 3 is 2.59 bits per heavy atom. The summed E-state index contributed by atoms with van der Waals surface area (Å²) in [6.07, 6.45) is 8.42. The molecular weight excluding hydrogens is 434 g/mol. The van der Waals surface area contributed by atoms with Gasteiger partial charge in [-0.05, 0) is 45.6 Å². The van der Waals surface area contributed by atoms with Crippen LogP contribution in [0.1, 0.15) is 50.9 Å². The fourth-order valence-corrected chi connectivity index (χ4v) is 4.44. The van der Waals surface area contributed by atoms with E-state index in [2.05, 4.69) is 22.4 Å². The molecule has 3 N–H and O–H groups in total. The number of likely N-dealkylation sites (tertiary alicyclic amines) is 1. The maximum absolute atomic E-state index is 12.6. The summed E-state index contributed by atoms with van der Waals surface area (Å²) in [6, 6.07) is 2.04. The molecule has 0 unspecified atom stereocenters. The van der Waals surface area contributed by atoms with Gasteiger partial charge in [0.1, 0.15) is 5.60 Å². The number of nitrogens with one attached hydrogen (secondary N) is 1. The van der Waals surface area contributed by atoms with Gasteiger partial charge in [0.15, 0.2) is 0 Å². The first kappa shape index (κ1) is 23.6. The minimum absolute atomic E-state index is 0.0599. The Morgan fingerprint density at radius 2 is 1.97 bits per heavy atom. The van der Waals surface area contributed by atoms with Crippen LogP contribution in [0.25, 0.3) is 16.6 Å². The molecule has 34 heavy (non-hydrogen) atoms. The summed E-state index contributed by atoms with van der Waals surface area (Å²) in [5.74, 6) is -0.358. The van der Waals surface area contributed by atoms with Crippen molar-refractivity contribution in [2.24, 2.45) is 18.7 Å². The molecule has 3 aromatic rings. The largest absolute Gasteiger partial charge is 0.444 e. The molecule has 0 bridgehead atoms. The molecule has 1 aliphatic heterocycles. The summed E-state index contributed by atoms with van der Waals surface area (Å²) in [7, 11) is 1.87. The van der Waals surface area contributed by atoms with E-state index in [4.69, 9.17) is 10.5 Å². The van der Waals surface area contributed by atoms with E-state index in [0.717, 1.165) is 29.5 Å². The molecule has 10 heteroatoms. The number of amides is 2. The zero-order valence-electron chi connectivity index (χ0n) is 20.4. The van der Waals surface area contributed by atoms with Gasteiger partial charge in [0.05, 0.1) is 29.2 Å². The number of anilines is 1. The van der Waals surface area contributed by atoms with E-state index in [1.165, 1.54) is 6.20 Å². The van der Waals surface area contributed by atoms with Crippen LogP contribution >= 0.6 is 0 Å². The van der Waals surface area contributed by atoms with E-state index in [-0.39, 0.29) is 18.1 Å². The van der Waals surface area contributed by atoms with Crippen LogP contribution in [0.4, 0.5) is 10.5 Å². The second kappa shape index (κ2) is 9.00. The van der Waals surface area contributed by atoms with Crippen molar-refractivity contribution >= 4 is 23.2 Å². The van der Waals surface area contributed by atoms with E-state index < -0.39 is 11.5 Å². The Balaban J connectivity index is 1.62. The van der Waals surface area contributed by atoms with Gasteiger partial charge in [-0.15, -0.1) is 0 Å². The SMILES string of the molecule is CC[C@@H]1CN(C(=O)OC(C)(C)C)CC[C@H]1Nc1c(C(N)=O)cnn2cc(-c3cnn(C)c3)cc12. The normalized spacial score (nSPS) is 18.8. The summed E-state index contributed by atoms with van der Waals surface area (Å²) in [4.78, 5) is 26.6. The number of carbonyl (C=O) groups excluding carboxylic acids is 2. The Kier molecular flexibility index (Phi) is 6.24. The summed E-state index contributed by atoms with van der Waals surface area (Å²) >= 11 is 0. The van der Waals surface area contributed by atoms with Gasteiger partial charge >= 0.3 is 6.09 Å². The highest BCUT2D eigenvalue weighted by molar-refractivity contribution is 6.02. The van der Waals surface area contributed by atoms with E-state index in [0.29, 0.717) is 24.3 Å². The molecule has 10 nitrogen and oxygen atoms in total. The van der Waals surface area contributed by atoms with Crippen LogP contribution in [-0.4, -0.2) is 61.0 Å². The highest BCUT2D eigenvalue weighted by Crippen LogP contribution is 2.32. The molecule has 0 radical (unpaired) electrons. The summed E-state index contributed by atoms with van der Waals surface area (Å²) in [5.41, 5.74) is 8.83. The van der Waals surface area contributed by atoms with Crippen molar-refractivity contribution in [1.82, 2.24) is 24.3 Å². The minimum Gasteiger partial charge on any atom is -0.444 e. The number of piperidine rings is 1. The zero-order chi connectivity index (χ0) is 24.6. The number of nitrogens with two attached hydrogens (primary N) is 1. The average molecular weight is 468 g/mol. The van der Waals surface area contributed by atoms with E-state index in [9.17, 15) is 9.59 Å². The number of aryl methyl sites for hydroxylation is 1. The van der Waals surface area contributed by atoms with Crippen LogP contribution in [0, 0.1) is 5.92 Å². The van der Waals surface area contributed by atoms with Gasteiger partial charge in [-0.2, -0.15) is 10.2 Å². The third kappa shape index (κ3) is 4.85. The van der Waals surface area contributed by atoms with Crippen LogP contribution in [0.15, 0.2) is 30.9 Å². The lowest BCUT2D eigenvalue weighted by Gasteiger charge is -2.39. The Bertz CT molecular complexity index is 1210. The highest BCUT2D eigenvalue weighted by atomic mass is 16.6. The van der Waals surface area contributed by atoms with E-state index in [1.807, 2.05) is 46.3 Å². The number of aromatic nitrogens is 4. The fraction of sp³-hybridized carbons (Fsp3) is 0.500. The lowest BCUT2D eigenvalue weighted by molar-refractivity contribution is 0.0153. The molecule has 0 spiro atoms. The Hall–Kier alpha value is -3.56. The second-order valence-electron chi connectivity index (χ2n) is 9.89. The van der Waals surface area contributed by atoms with Crippen molar-refractivity contribution in [3.05, 3.63) is 36.4 Å². The molecule has 3 aromatic heterocycles. The molecule has 1 aliphatic rings. The van der Waals surface area contributed by atoms with Gasteiger partial charge in [-0.25, -0.2) is 9.31 Å². The van der Waals surface area contributed by atoms with E-state index >= 15 is 0 Å². The van der Waals surface area contributed by atoms with Crippen LogP contribution in [-0.2, 0) is 11.8 Å². The molecule has 0 aromatic carbocycles. The first-order valence-electron chi connectivity index (χ1n) is 11.6. The number of hydrogen-bond acceptors (Lipinski definition) is 6. The van der Waals surface area contributed by atoms with Crippen molar-refractivity contribution in [1.29, 1.82) is 0 Å². The number of ether oxygens (including phenoxy) is 1. The lowest BCUT2D eigenvalue weighted by Crippen LogP contribution is -2.49. The van der Waals surface area contributed by atoms with Crippen molar-refractivity contribution in [2.75, 3.05) is 18.4 Å². The molecule has 4 heterocycles. The molecule has 0 aliphatic carbocycles. The van der Waals surface area contributed by atoms with Gasteiger partial charge in [-0.3, -0.25) is 9.48 Å². The van der Waals surface area contributed by atoms with E-state index in [1.54, 1.807) is 20.3 Å². The Morgan fingerprint density at radius 1 is 1.21 bits per heavy atom. The van der Waals surface area contributed by atoms with Crippen molar-refractivity contribution in [3.8, 4) is 11.1 Å². The number of primary amides is 1. The number of hydrogen-bond donors (Lipinski definition) is 2. The number of rotatable bonds is 5. The maximum Gasteiger partial charge on any atom is 0.410 e. The van der Waals surface area contributed by atoms with Crippen LogP contribution in [0.5, 0.6) is 0 Å². The molecule has 4 rings (SSSR count). The molecular formula is C24H33N7O3. The van der Waals surface area contributed by atoms with Gasteiger partial charge in [-0.1, -0.05) is 6.92 Å². The van der Waals surface area contributed by atoms with Crippen LogP contribution < -0.4 is 11.1 Å². The molecule has 1 saturated heterocycles. The third-order valence-electron chi connectivity index (χ3n) is 6.18. The van der Waals surface area contributed by atoms with Gasteiger partial charge in [0.25, 0.3) is 5.91 Å².